The van der Waals surface area contributed by atoms with E-state index in [0.717, 1.165) is 12.8 Å². The summed E-state index contributed by atoms with van der Waals surface area (Å²) in [7, 11) is 1.88. The standard InChI is InChI=1S/C30H56N8O9.C3H8/c1-3-4-8-31-25(39)6-5-7-26(40)32-9-11-34(2)12-10-33-27(41)21-35-13-15-36(22-28(42)43)17-19-38(24-30(46)47)20-18-37(16-14-35)23-29(44)45;1-3-2/h3-24H2,1-2H3,(H,31,39)(H,32,40)(H,33,41)(H,42,43)(H,44,45)(H,46,47);3H2,1-2H3. The minimum Gasteiger partial charge on any atom is -0.480 e. The number of nitrogens with one attached hydrogen (secondary N) is 3. The van der Waals surface area contributed by atoms with Crippen LogP contribution in [-0.4, -0.2) is 194 Å². The Kier molecular flexibility index (Phi) is 27.4. The van der Waals surface area contributed by atoms with Crippen LogP contribution in [0.2, 0.25) is 0 Å². The molecule has 0 aliphatic carbocycles. The minimum atomic E-state index is -1.02. The molecule has 0 radical (unpaired) electrons. The fourth-order valence-electron chi connectivity index (χ4n) is 4.92. The topological polar surface area (TPSA) is 215 Å². The van der Waals surface area contributed by atoms with E-state index < -0.39 is 17.9 Å². The predicted octanol–water partition coefficient (Wildman–Crippen LogP) is -0.871. The van der Waals surface area contributed by atoms with Crippen LogP contribution in [0, 0.1) is 0 Å². The van der Waals surface area contributed by atoms with Gasteiger partial charge in [0.25, 0.3) is 0 Å². The number of rotatable bonds is 21. The quantitative estimate of drug-likeness (QED) is 0.0797. The van der Waals surface area contributed by atoms with Gasteiger partial charge in [-0.3, -0.25) is 48.4 Å². The highest BCUT2D eigenvalue weighted by atomic mass is 16.4. The van der Waals surface area contributed by atoms with E-state index in [-0.39, 0.29) is 50.3 Å². The Morgan fingerprint density at radius 3 is 1.18 bits per heavy atom. The highest BCUT2D eigenvalue weighted by Gasteiger charge is 2.21. The second kappa shape index (κ2) is 29.4. The lowest BCUT2D eigenvalue weighted by molar-refractivity contribution is -0.140. The molecule has 1 rings (SSSR count). The highest BCUT2D eigenvalue weighted by molar-refractivity contribution is 5.79. The summed E-state index contributed by atoms with van der Waals surface area (Å²) in [4.78, 5) is 79.8. The third kappa shape index (κ3) is 27.4. The molecule has 1 saturated heterocycles. The van der Waals surface area contributed by atoms with E-state index in [1.165, 1.54) is 6.42 Å². The molecule has 0 aromatic rings. The van der Waals surface area contributed by atoms with Gasteiger partial charge in [0.2, 0.25) is 17.7 Å². The molecule has 0 spiro atoms. The second-order valence-electron chi connectivity index (χ2n) is 12.6. The third-order valence-electron chi connectivity index (χ3n) is 7.67. The average Bonchev–Trinajstić information content (AvgIpc) is 3.02. The summed E-state index contributed by atoms with van der Waals surface area (Å²) >= 11 is 0. The fourth-order valence-corrected chi connectivity index (χ4v) is 4.92. The Morgan fingerprint density at radius 1 is 0.520 bits per heavy atom. The Labute approximate surface area is 297 Å². The number of likely N-dealkylation sites (N-methyl/N-ethyl adjacent to an activating group) is 1. The van der Waals surface area contributed by atoms with Crippen LogP contribution in [0.5, 0.6) is 0 Å². The largest absolute Gasteiger partial charge is 0.480 e. The Balaban J connectivity index is 0.00000770. The van der Waals surface area contributed by atoms with Gasteiger partial charge < -0.3 is 36.2 Å². The summed E-state index contributed by atoms with van der Waals surface area (Å²) < 4.78 is 0. The van der Waals surface area contributed by atoms with E-state index in [1.807, 2.05) is 16.8 Å². The first-order valence-electron chi connectivity index (χ1n) is 17.8. The lowest BCUT2D eigenvalue weighted by Gasteiger charge is -2.32. The minimum absolute atomic E-state index is 0.0393. The number of carboxylic acids is 3. The molecule has 0 saturated carbocycles. The first kappa shape index (κ1) is 46.6. The van der Waals surface area contributed by atoms with E-state index in [2.05, 4.69) is 36.7 Å². The van der Waals surface area contributed by atoms with Crippen LogP contribution < -0.4 is 16.0 Å². The van der Waals surface area contributed by atoms with E-state index in [4.69, 9.17) is 0 Å². The number of carbonyl (C=O) groups excluding carboxylic acids is 3. The van der Waals surface area contributed by atoms with Gasteiger partial charge in [0.15, 0.2) is 0 Å². The molecule has 1 aliphatic rings. The van der Waals surface area contributed by atoms with Crippen molar-refractivity contribution in [2.75, 3.05) is 118 Å². The van der Waals surface area contributed by atoms with Crippen LogP contribution in [-0.2, 0) is 28.8 Å². The SMILES string of the molecule is CCC.CCCCNC(=O)CCCC(=O)NCCN(C)CCNC(=O)CN1CCN(CC(=O)O)CCN(CC(=O)O)CCN(CC(=O)O)CC1. The van der Waals surface area contributed by atoms with Gasteiger partial charge in [0.1, 0.15) is 0 Å². The van der Waals surface area contributed by atoms with Crippen LogP contribution in [0.1, 0.15) is 59.3 Å². The van der Waals surface area contributed by atoms with E-state index >= 15 is 0 Å². The predicted molar refractivity (Wildman–Crippen MR) is 190 cm³/mol. The number of hydrogen-bond donors (Lipinski definition) is 6. The molecule has 290 valence electrons. The first-order valence-corrected chi connectivity index (χ1v) is 17.8. The van der Waals surface area contributed by atoms with Crippen molar-refractivity contribution in [2.45, 2.75) is 59.3 Å². The fraction of sp³-hybridized carbons (Fsp3) is 0.818. The van der Waals surface area contributed by atoms with Crippen LogP contribution >= 0.6 is 0 Å². The smallest absolute Gasteiger partial charge is 0.317 e. The average molecular weight is 717 g/mol. The molecular weight excluding hydrogens is 652 g/mol. The van der Waals surface area contributed by atoms with Crippen LogP contribution in [0.25, 0.3) is 0 Å². The van der Waals surface area contributed by atoms with Crippen LogP contribution in [0.15, 0.2) is 0 Å². The number of amides is 3. The summed E-state index contributed by atoms with van der Waals surface area (Å²) in [6.45, 7) is 10.9. The molecule has 17 heteroatoms. The molecule has 17 nitrogen and oxygen atoms in total. The number of unbranched alkanes of at least 4 members (excludes halogenated alkanes) is 1. The first-order chi connectivity index (χ1) is 23.8. The van der Waals surface area contributed by atoms with Crippen molar-refractivity contribution < 1.29 is 44.1 Å². The molecule has 0 unspecified atom stereocenters. The normalized spacial score (nSPS) is 15.5. The summed E-state index contributed by atoms with van der Waals surface area (Å²) in [5, 5.41) is 36.6. The molecule has 3 amide bonds. The van der Waals surface area contributed by atoms with Crippen molar-refractivity contribution in [1.29, 1.82) is 0 Å². The Hall–Kier alpha value is -3.38. The molecule has 6 N–H and O–H groups in total. The molecule has 0 aromatic heterocycles. The number of nitrogens with zero attached hydrogens (tertiary/aromatic N) is 5. The van der Waals surface area contributed by atoms with Crippen LogP contribution in [0.4, 0.5) is 0 Å². The summed E-state index contributed by atoms with van der Waals surface area (Å²) in [5.41, 5.74) is 0. The van der Waals surface area contributed by atoms with Crippen molar-refractivity contribution in [3.05, 3.63) is 0 Å². The molecule has 1 aliphatic heterocycles. The van der Waals surface area contributed by atoms with E-state index in [1.54, 1.807) is 14.7 Å². The molecule has 0 aromatic carbocycles. The van der Waals surface area contributed by atoms with E-state index in [0.29, 0.717) is 97.9 Å². The van der Waals surface area contributed by atoms with Crippen molar-refractivity contribution >= 4 is 35.6 Å². The van der Waals surface area contributed by atoms with Gasteiger partial charge in [-0.2, -0.15) is 0 Å². The van der Waals surface area contributed by atoms with Crippen molar-refractivity contribution in [3.8, 4) is 0 Å². The molecular formula is C33H64N8O9. The summed E-state index contributed by atoms with van der Waals surface area (Å²) in [6, 6.07) is 0. The molecule has 1 fully saturated rings. The Bertz CT molecular complexity index is 972. The van der Waals surface area contributed by atoms with E-state index in [9.17, 15) is 44.1 Å². The third-order valence-corrected chi connectivity index (χ3v) is 7.67. The maximum absolute atomic E-state index is 12.8. The number of hydrogen-bond acceptors (Lipinski definition) is 11. The zero-order valence-electron chi connectivity index (χ0n) is 30.8. The number of carboxylic acid groups (broad SMARTS) is 3. The van der Waals surface area contributed by atoms with Crippen molar-refractivity contribution in [2.24, 2.45) is 0 Å². The van der Waals surface area contributed by atoms with Gasteiger partial charge in [0.05, 0.1) is 26.2 Å². The Morgan fingerprint density at radius 2 is 0.840 bits per heavy atom. The maximum atomic E-state index is 12.8. The highest BCUT2D eigenvalue weighted by Crippen LogP contribution is 2.02. The summed E-state index contributed by atoms with van der Waals surface area (Å²) in [5.74, 6) is -3.41. The van der Waals surface area contributed by atoms with Gasteiger partial charge in [-0.25, -0.2) is 0 Å². The zero-order valence-corrected chi connectivity index (χ0v) is 30.8. The zero-order chi connectivity index (χ0) is 37.7. The molecule has 0 bridgehead atoms. The van der Waals surface area contributed by atoms with Crippen molar-refractivity contribution in [1.82, 2.24) is 40.4 Å². The monoisotopic (exact) mass is 716 g/mol. The number of aliphatic carboxylic acids is 3. The van der Waals surface area contributed by atoms with Gasteiger partial charge >= 0.3 is 17.9 Å². The van der Waals surface area contributed by atoms with Crippen LogP contribution in [0.3, 0.4) is 0 Å². The summed E-state index contributed by atoms with van der Waals surface area (Å²) in [6.07, 6.45) is 4.29. The molecule has 1 heterocycles. The van der Waals surface area contributed by atoms with Gasteiger partial charge in [-0.15, -0.1) is 0 Å². The lowest BCUT2D eigenvalue weighted by atomic mass is 10.2. The maximum Gasteiger partial charge on any atom is 0.317 e. The van der Waals surface area contributed by atoms with Gasteiger partial charge in [-0.1, -0.05) is 33.6 Å². The van der Waals surface area contributed by atoms with Gasteiger partial charge in [-0.05, 0) is 19.9 Å². The van der Waals surface area contributed by atoms with Gasteiger partial charge in [0, 0.05) is 97.9 Å². The van der Waals surface area contributed by atoms with Crippen molar-refractivity contribution in [3.63, 3.8) is 0 Å². The molecule has 0 atom stereocenters. The molecule has 50 heavy (non-hydrogen) atoms. The second-order valence-corrected chi connectivity index (χ2v) is 12.6. The lowest BCUT2D eigenvalue weighted by Crippen LogP contribution is -2.50. The number of carbonyl (C=O) groups is 6.